The van der Waals surface area contributed by atoms with Crippen LogP contribution < -0.4 is 0 Å². The third kappa shape index (κ3) is 3.07. The second-order valence-electron chi connectivity index (χ2n) is 5.63. The molecule has 0 unspecified atom stereocenters. The lowest BCUT2D eigenvalue weighted by atomic mass is 9.95. The quantitative estimate of drug-likeness (QED) is 0.344. The number of nitrogens with zero attached hydrogens (tertiary/aromatic N) is 5. The van der Waals surface area contributed by atoms with Crippen LogP contribution >= 0.6 is 0 Å². The summed E-state index contributed by atoms with van der Waals surface area (Å²) in [5, 5.41) is 13.3. The van der Waals surface area contributed by atoms with Gasteiger partial charge in [0, 0.05) is 16.2 Å². The molecule has 0 saturated heterocycles. The van der Waals surface area contributed by atoms with Gasteiger partial charge in [0.2, 0.25) is 0 Å². The smallest absolute Gasteiger partial charge is 0.102 e. The van der Waals surface area contributed by atoms with Crippen LogP contribution in [0.1, 0.15) is 17.0 Å². The van der Waals surface area contributed by atoms with Crippen molar-refractivity contribution in [3.8, 4) is 28.3 Å². The minimum absolute atomic E-state index is 0.400. The minimum atomic E-state index is 0.400. The summed E-state index contributed by atoms with van der Waals surface area (Å²) in [4.78, 5) is 7.23. The standard InChI is InChI=1S/C20H15N5/c1-13-18(12-21)19(20(24-25-22)14(2)23-13)17-10-8-16(9-11-17)15-6-4-3-5-7-15/h3-11H,1-2H3. The van der Waals surface area contributed by atoms with Gasteiger partial charge in [-0.1, -0.05) is 59.7 Å². The molecule has 3 aromatic rings. The largest absolute Gasteiger partial charge is 0.257 e. The van der Waals surface area contributed by atoms with E-state index < -0.39 is 0 Å². The molecule has 0 aliphatic carbocycles. The number of azide groups is 1. The van der Waals surface area contributed by atoms with E-state index in [0.29, 0.717) is 28.2 Å². The minimum Gasteiger partial charge on any atom is -0.257 e. The average Bonchev–Trinajstić information content (AvgIpc) is 2.64. The van der Waals surface area contributed by atoms with Crippen molar-refractivity contribution < 1.29 is 0 Å². The first-order chi connectivity index (χ1) is 12.2. The summed E-state index contributed by atoms with van der Waals surface area (Å²) in [6.45, 7) is 3.56. The topological polar surface area (TPSA) is 85.4 Å². The Morgan fingerprint density at radius 2 is 1.52 bits per heavy atom. The van der Waals surface area contributed by atoms with Crippen LogP contribution in [-0.2, 0) is 0 Å². The van der Waals surface area contributed by atoms with E-state index in [2.05, 4.69) is 21.1 Å². The SMILES string of the molecule is Cc1nc(C)c(N=[N+]=[N-])c(-c2ccc(-c3ccccc3)cc2)c1C#N. The molecule has 25 heavy (non-hydrogen) atoms. The van der Waals surface area contributed by atoms with E-state index >= 15 is 0 Å². The van der Waals surface area contributed by atoms with Gasteiger partial charge in [0.25, 0.3) is 0 Å². The molecule has 1 aromatic heterocycles. The van der Waals surface area contributed by atoms with E-state index in [4.69, 9.17) is 5.53 Å². The maximum Gasteiger partial charge on any atom is 0.102 e. The van der Waals surface area contributed by atoms with E-state index in [1.807, 2.05) is 54.6 Å². The Labute approximate surface area is 145 Å². The van der Waals surface area contributed by atoms with Crippen molar-refractivity contribution in [2.75, 3.05) is 0 Å². The fraction of sp³-hybridized carbons (Fsp3) is 0.100. The van der Waals surface area contributed by atoms with Gasteiger partial charge in [-0.15, -0.1) is 0 Å². The Bertz CT molecular complexity index is 1010. The van der Waals surface area contributed by atoms with Gasteiger partial charge >= 0.3 is 0 Å². The highest BCUT2D eigenvalue weighted by Crippen LogP contribution is 2.37. The molecule has 2 aromatic carbocycles. The molecule has 0 aliphatic rings. The summed E-state index contributed by atoms with van der Waals surface area (Å²) in [5.74, 6) is 0. The zero-order chi connectivity index (χ0) is 17.8. The van der Waals surface area contributed by atoms with Gasteiger partial charge in [-0.3, -0.25) is 4.98 Å². The normalized spacial score (nSPS) is 9.96. The van der Waals surface area contributed by atoms with Gasteiger partial charge in [0.1, 0.15) is 6.07 Å². The van der Waals surface area contributed by atoms with Crippen LogP contribution in [0.4, 0.5) is 5.69 Å². The zero-order valence-electron chi connectivity index (χ0n) is 13.9. The number of rotatable bonds is 3. The lowest BCUT2D eigenvalue weighted by molar-refractivity contribution is 1.10. The summed E-state index contributed by atoms with van der Waals surface area (Å²) in [7, 11) is 0. The number of benzene rings is 2. The lowest BCUT2D eigenvalue weighted by Crippen LogP contribution is -1.97. The predicted octanol–water partition coefficient (Wildman–Crippen LogP) is 5.85. The van der Waals surface area contributed by atoms with Crippen molar-refractivity contribution >= 4 is 5.69 Å². The second kappa shape index (κ2) is 6.88. The Hall–Kier alpha value is -3.61. The molecule has 120 valence electrons. The van der Waals surface area contributed by atoms with Gasteiger partial charge in [-0.2, -0.15) is 5.26 Å². The van der Waals surface area contributed by atoms with Crippen molar-refractivity contribution in [1.29, 1.82) is 5.26 Å². The summed E-state index contributed by atoms with van der Waals surface area (Å²) in [5.41, 5.74) is 14.6. The molecule has 1 heterocycles. The van der Waals surface area contributed by atoms with Crippen molar-refractivity contribution in [2.24, 2.45) is 5.11 Å². The second-order valence-corrected chi connectivity index (χ2v) is 5.63. The Kier molecular flexibility index (Phi) is 4.47. The van der Waals surface area contributed by atoms with Gasteiger partial charge in [-0.25, -0.2) is 0 Å². The number of pyridine rings is 1. The summed E-state index contributed by atoms with van der Waals surface area (Å²) in [6, 6.07) is 20.1. The molecular formula is C20H15N5. The third-order valence-corrected chi connectivity index (χ3v) is 4.06. The van der Waals surface area contributed by atoms with Gasteiger partial charge in [0.15, 0.2) is 0 Å². The molecular weight excluding hydrogens is 310 g/mol. The maximum absolute atomic E-state index is 9.55. The van der Waals surface area contributed by atoms with Crippen LogP contribution in [0.5, 0.6) is 0 Å². The Morgan fingerprint density at radius 1 is 0.920 bits per heavy atom. The highest BCUT2D eigenvalue weighted by molar-refractivity contribution is 5.84. The molecule has 0 spiro atoms. The van der Waals surface area contributed by atoms with E-state index in [0.717, 1.165) is 16.7 Å². The zero-order valence-corrected chi connectivity index (χ0v) is 13.9. The fourth-order valence-electron chi connectivity index (χ4n) is 2.89. The highest BCUT2D eigenvalue weighted by Gasteiger charge is 2.16. The fourth-order valence-corrected chi connectivity index (χ4v) is 2.89. The van der Waals surface area contributed by atoms with Gasteiger partial charge < -0.3 is 0 Å². The molecule has 0 bridgehead atoms. The van der Waals surface area contributed by atoms with Crippen LogP contribution in [0.2, 0.25) is 0 Å². The van der Waals surface area contributed by atoms with E-state index in [1.165, 1.54) is 0 Å². The Morgan fingerprint density at radius 3 is 2.12 bits per heavy atom. The predicted molar refractivity (Wildman–Crippen MR) is 98.1 cm³/mol. The van der Waals surface area contributed by atoms with Crippen molar-refractivity contribution in [2.45, 2.75) is 13.8 Å². The molecule has 0 atom stereocenters. The molecule has 5 nitrogen and oxygen atoms in total. The van der Waals surface area contributed by atoms with Gasteiger partial charge in [0.05, 0.1) is 16.9 Å². The number of hydrogen-bond donors (Lipinski definition) is 0. The van der Waals surface area contributed by atoms with Crippen LogP contribution in [0, 0.1) is 25.2 Å². The first-order valence-corrected chi connectivity index (χ1v) is 7.78. The molecule has 3 rings (SSSR count). The molecule has 0 aliphatic heterocycles. The Balaban J connectivity index is 2.19. The molecule has 0 fully saturated rings. The van der Waals surface area contributed by atoms with Crippen LogP contribution in [-0.4, -0.2) is 4.98 Å². The lowest BCUT2D eigenvalue weighted by Gasteiger charge is -2.13. The first-order valence-electron chi connectivity index (χ1n) is 7.78. The van der Waals surface area contributed by atoms with E-state index in [1.54, 1.807) is 13.8 Å². The van der Waals surface area contributed by atoms with Crippen molar-refractivity contribution in [3.63, 3.8) is 0 Å². The molecule has 0 N–H and O–H groups in total. The highest BCUT2D eigenvalue weighted by atomic mass is 15.1. The molecule has 5 heteroatoms. The van der Waals surface area contributed by atoms with Gasteiger partial charge in [-0.05, 0) is 36.1 Å². The van der Waals surface area contributed by atoms with Crippen LogP contribution in [0.3, 0.4) is 0 Å². The average molecular weight is 325 g/mol. The number of hydrogen-bond acceptors (Lipinski definition) is 3. The number of aromatic nitrogens is 1. The van der Waals surface area contributed by atoms with E-state index in [-0.39, 0.29) is 0 Å². The van der Waals surface area contributed by atoms with E-state index in [9.17, 15) is 5.26 Å². The number of aryl methyl sites for hydroxylation is 2. The monoisotopic (exact) mass is 325 g/mol. The maximum atomic E-state index is 9.55. The summed E-state index contributed by atoms with van der Waals surface area (Å²) >= 11 is 0. The molecule has 0 amide bonds. The molecule has 0 saturated carbocycles. The van der Waals surface area contributed by atoms with Crippen LogP contribution in [0.15, 0.2) is 59.7 Å². The summed E-state index contributed by atoms with van der Waals surface area (Å²) in [6.07, 6.45) is 0. The third-order valence-electron chi connectivity index (χ3n) is 4.06. The first kappa shape index (κ1) is 16.3. The van der Waals surface area contributed by atoms with Crippen LogP contribution in [0.25, 0.3) is 32.7 Å². The van der Waals surface area contributed by atoms with Crippen molar-refractivity contribution in [1.82, 2.24) is 4.98 Å². The summed E-state index contributed by atoms with van der Waals surface area (Å²) < 4.78 is 0. The number of nitriles is 1. The molecule has 0 radical (unpaired) electrons. The van der Waals surface area contributed by atoms with Crippen molar-refractivity contribution in [3.05, 3.63) is 82.0 Å².